The molecule has 0 saturated carbocycles. The molecule has 0 radical (unpaired) electrons. The van der Waals surface area contributed by atoms with Crippen LogP contribution in [-0.2, 0) is 0 Å². The maximum Gasteiger partial charge on any atom is 0.187 e. The number of benzene rings is 2. The Bertz CT molecular complexity index is 740. The number of hydrogen-bond donors (Lipinski definition) is 1. The lowest BCUT2D eigenvalue weighted by Gasteiger charge is -2.10. The van der Waals surface area contributed by atoms with Crippen LogP contribution in [0.5, 0.6) is 0 Å². The highest BCUT2D eigenvalue weighted by Crippen LogP contribution is 2.22. The fraction of sp³-hybridized carbons (Fsp3) is 0.250. The molecule has 0 atom stereocenters. The normalized spacial score (nSPS) is 11.2. The van der Waals surface area contributed by atoms with Crippen LogP contribution in [0.15, 0.2) is 48.5 Å². The molecule has 0 bridgehead atoms. The van der Waals surface area contributed by atoms with Crippen LogP contribution >= 0.6 is 23.2 Å². The smallest absolute Gasteiger partial charge is 0.187 e. The molecule has 0 unspecified atom stereocenters. The van der Waals surface area contributed by atoms with E-state index in [1.54, 1.807) is 24.3 Å². The molecule has 2 rings (SSSR count). The highest BCUT2D eigenvalue weighted by Gasteiger charge is 2.07. The quantitative estimate of drug-likeness (QED) is 0.387. The molecular formula is C20H22Cl2N2O. The van der Waals surface area contributed by atoms with E-state index < -0.39 is 0 Å². The number of anilines is 1. The average molecular weight is 377 g/mol. The molecular weight excluding hydrogens is 355 g/mol. The van der Waals surface area contributed by atoms with Crippen LogP contribution in [0.25, 0.3) is 6.08 Å². The number of rotatable bonds is 8. The van der Waals surface area contributed by atoms with Gasteiger partial charge in [0.05, 0.1) is 5.02 Å². The molecule has 5 heteroatoms. The van der Waals surface area contributed by atoms with Crippen molar-refractivity contribution in [2.45, 2.75) is 6.42 Å². The Morgan fingerprint density at radius 3 is 2.48 bits per heavy atom. The standard InChI is InChI=1S/C20H22Cl2N2O/c1-24(2)13-3-12-23-17-8-4-15(5-9-17)6-11-20(25)18-10-7-16(21)14-19(18)22/h4-11,14,23H,3,12-13H2,1-2H3. The zero-order chi connectivity index (χ0) is 18.2. The highest BCUT2D eigenvalue weighted by molar-refractivity contribution is 6.37. The molecule has 3 nitrogen and oxygen atoms in total. The van der Waals surface area contributed by atoms with Crippen molar-refractivity contribution in [1.29, 1.82) is 0 Å². The number of hydrogen-bond acceptors (Lipinski definition) is 3. The third-order valence-corrected chi connectivity index (χ3v) is 4.19. The molecule has 0 heterocycles. The van der Waals surface area contributed by atoms with Gasteiger partial charge in [-0.1, -0.05) is 41.4 Å². The Morgan fingerprint density at radius 1 is 1.12 bits per heavy atom. The molecule has 0 aromatic heterocycles. The second-order valence-corrected chi connectivity index (χ2v) is 6.87. The second kappa shape index (κ2) is 9.62. The topological polar surface area (TPSA) is 32.3 Å². The van der Waals surface area contributed by atoms with E-state index in [1.165, 1.54) is 6.08 Å². The summed E-state index contributed by atoms with van der Waals surface area (Å²) < 4.78 is 0. The van der Waals surface area contributed by atoms with Crippen LogP contribution in [-0.4, -0.2) is 37.9 Å². The van der Waals surface area contributed by atoms with E-state index in [2.05, 4.69) is 24.3 Å². The summed E-state index contributed by atoms with van der Waals surface area (Å²) in [6.07, 6.45) is 4.39. The molecule has 0 saturated heterocycles. The monoisotopic (exact) mass is 376 g/mol. The number of halogens is 2. The van der Waals surface area contributed by atoms with Gasteiger partial charge < -0.3 is 10.2 Å². The average Bonchev–Trinajstić information content (AvgIpc) is 2.57. The van der Waals surface area contributed by atoms with Crippen molar-refractivity contribution in [3.8, 4) is 0 Å². The van der Waals surface area contributed by atoms with Crippen LogP contribution in [0.1, 0.15) is 22.3 Å². The van der Waals surface area contributed by atoms with Crippen LogP contribution in [0.2, 0.25) is 10.0 Å². The maximum atomic E-state index is 12.2. The van der Waals surface area contributed by atoms with E-state index in [4.69, 9.17) is 23.2 Å². The number of nitrogens with zero attached hydrogens (tertiary/aromatic N) is 1. The van der Waals surface area contributed by atoms with Gasteiger partial charge in [-0.05, 0) is 69.0 Å². The molecule has 2 aromatic carbocycles. The molecule has 1 N–H and O–H groups in total. The first kappa shape index (κ1) is 19.5. The summed E-state index contributed by atoms with van der Waals surface area (Å²) in [5.74, 6) is -0.146. The van der Waals surface area contributed by atoms with E-state index in [9.17, 15) is 4.79 Å². The summed E-state index contributed by atoms with van der Waals surface area (Å²) in [4.78, 5) is 14.4. The van der Waals surface area contributed by atoms with Crippen molar-refractivity contribution in [1.82, 2.24) is 4.90 Å². The molecule has 0 aliphatic heterocycles. The fourth-order valence-electron chi connectivity index (χ4n) is 2.29. The number of allylic oxidation sites excluding steroid dienone is 1. The zero-order valence-electron chi connectivity index (χ0n) is 14.4. The van der Waals surface area contributed by atoms with E-state index in [0.717, 1.165) is 30.8 Å². The summed E-state index contributed by atoms with van der Waals surface area (Å²) >= 11 is 11.9. The van der Waals surface area contributed by atoms with Crippen LogP contribution < -0.4 is 5.32 Å². The van der Waals surface area contributed by atoms with Crippen LogP contribution in [0.3, 0.4) is 0 Å². The third kappa shape index (κ3) is 6.54. The molecule has 0 spiro atoms. The van der Waals surface area contributed by atoms with Crippen molar-refractivity contribution in [3.63, 3.8) is 0 Å². The lowest BCUT2D eigenvalue weighted by Crippen LogP contribution is -2.16. The summed E-state index contributed by atoms with van der Waals surface area (Å²) in [6.45, 7) is 1.99. The summed E-state index contributed by atoms with van der Waals surface area (Å²) in [5.41, 5.74) is 2.47. The van der Waals surface area contributed by atoms with Crippen molar-refractivity contribution >= 4 is 40.7 Å². The third-order valence-electron chi connectivity index (χ3n) is 3.65. The lowest BCUT2D eigenvalue weighted by molar-refractivity contribution is 0.104. The van der Waals surface area contributed by atoms with E-state index in [-0.39, 0.29) is 5.78 Å². The summed E-state index contributed by atoms with van der Waals surface area (Å²) in [5, 5.41) is 4.26. The van der Waals surface area contributed by atoms with Gasteiger partial charge in [0, 0.05) is 22.8 Å². The van der Waals surface area contributed by atoms with Gasteiger partial charge in [-0.2, -0.15) is 0 Å². The van der Waals surface area contributed by atoms with Crippen LogP contribution in [0.4, 0.5) is 5.69 Å². The minimum Gasteiger partial charge on any atom is -0.385 e. The number of carbonyl (C=O) groups is 1. The van der Waals surface area contributed by atoms with Gasteiger partial charge in [-0.15, -0.1) is 0 Å². The number of nitrogens with one attached hydrogen (secondary N) is 1. The van der Waals surface area contributed by atoms with E-state index in [1.807, 2.05) is 24.3 Å². The van der Waals surface area contributed by atoms with Crippen molar-refractivity contribution in [2.24, 2.45) is 0 Å². The van der Waals surface area contributed by atoms with Crippen molar-refractivity contribution in [2.75, 3.05) is 32.5 Å². The Hall–Kier alpha value is -1.81. The summed E-state index contributed by atoms with van der Waals surface area (Å²) in [6, 6.07) is 12.8. The minimum absolute atomic E-state index is 0.146. The van der Waals surface area contributed by atoms with Gasteiger partial charge in [-0.3, -0.25) is 4.79 Å². The van der Waals surface area contributed by atoms with E-state index >= 15 is 0 Å². The lowest BCUT2D eigenvalue weighted by atomic mass is 10.1. The molecule has 0 aliphatic rings. The van der Waals surface area contributed by atoms with Gasteiger partial charge >= 0.3 is 0 Å². The molecule has 25 heavy (non-hydrogen) atoms. The maximum absolute atomic E-state index is 12.2. The Kier molecular flexibility index (Phi) is 7.51. The van der Waals surface area contributed by atoms with Gasteiger partial charge in [0.15, 0.2) is 5.78 Å². The van der Waals surface area contributed by atoms with Gasteiger partial charge in [-0.25, -0.2) is 0 Å². The van der Waals surface area contributed by atoms with E-state index in [0.29, 0.717) is 15.6 Å². The first-order valence-corrected chi connectivity index (χ1v) is 8.87. The Balaban J connectivity index is 1.91. The molecule has 0 aliphatic carbocycles. The largest absolute Gasteiger partial charge is 0.385 e. The van der Waals surface area contributed by atoms with Gasteiger partial charge in [0.25, 0.3) is 0 Å². The number of carbonyl (C=O) groups excluding carboxylic acids is 1. The second-order valence-electron chi connectivity index (χ2n) is 6.03. The van der Waals surface area contributed by atoms with Crippen molar-refractivity contribution in [3.05, 3.63) is 69.7 Å². The highest BCUT2D eigenvalue weighted by atomic mass is 35.5. The van der Waals surface area contributed by atoms with Gasteiger partial charge in [0.1, 0.15) is 0 Å². The Labute approximate surface area is 159 Å². The molecule has 0 fully saturated rings. The minimum atomic E-state index is -0.146. The molecule has 0 amide bonds. The fourth-order valence-corrected chi connectivity index (χ4v) is 2.79. The summed E-state index contributed by atoms with van der Waals surface area (Å²) in [7, 11) is 4.14. The van der Waals surface area contributed by atoms with Crippen molar-refractivity contribution < 1.29 is 4.79 Å². The first-order valence-electron chi connectivity index (χ1n) is 8.12. The van der Waals surface area contributed by atoms with Crippen LogP contribution in [0, 0.1) is 0 Å². The number of ketones is 1. The predicted octanol–water partition coefficient (Wildman–Crippen LogP) is 5.25. The zero-order valence-corrected chi connectivity index (χ0v) is 15.9. The van der Waals surface area contributed by atoms with Gasteiger partial charge in [0.2, 0.25) is 0 Å². The Morgan fingerprint density at radius 2 is 1.84 bits per heavy atom. The SMILES string of the molecule is CN(C)CCCNc1ccc(C=CC(=O)c2ccc(Cl)cc2Cl)cc1. The predicted molar refractivity (Wildman–Crippen MR) is 108 cm³/mol. The molecule has 2 aromatic rings. The molecule has 132 valence electrons. The first-order chi connectivity index (χ1) is 12.0.